The molecule has 302 valence electrons. The van der Waals surface area contributed by atoms with Crippen LogP contribution in [0.4, 0.5) is 42.5 Å². The standard InChI is InChI=1S/C35H31F7IN9O4S/c1-33(54)14-51(15-33)32-44-12-21(19-5-4-6-20-28(19)50(2)48-31(20)49-57(3,55)56)27(46-32)23(9-16-7-17(36)10-18(37)8-16)45-24(53)13-52-30-25(29(47-52)35(40,41)42)26-22(11-43-26)34(30,38)39/h4-8,10-12,22-23,26,54H,9,13-15H2,1-3H3,(H,45,53)(H,48,49)/t22-,23+,26+/m1/s1. The number of hydrogen-bond donors (Lipinski definition) is 3. The molecule has 1 amide bonds. The number of carbonyl (C=O) groups excluding carboxylic acids is 1. The molecule has 3 N–H and O–H groups in total. The van der Waals surface area contributed by atoms with Crippen LogP contribution in [0.3, 0.4) is 0 Å². The summed E-state index contributed by atoms with van der Waals surface area (Å²) in [7, 11) is -2.23. The van der Waals surface area contributed by atoms with E-state index in [2.05, 4.69) is 25.2 Å². The van der Waals surface area contributed by atoms with Crippen molar-refractivity contribution < 1.29 is 49.1 Å². The lowest BCUT2D eigenvalue weighted by Gasteiger charge is -2.44. The molecule has 1 saturated heterocycles. The fraction of sp³-hybridized carbons (Fsp3) is 0.371. The number of rotatable bonds is 10. The van der Waals surface area contributed by atoms with Crippen LogP contribution >= 0.6 is 20.7 Å². The van der Waals surface area contributed by atoms with E-state index in [1.54, 1.807) is 37.1 Å². The Bertz CT molecular complexity index is 2600. The number of alkyl halides is 6. The molecule has 13 nitrogen and oxygen atoms in total. The van der Waals surface area contributed by atoms with Gasteiger partial charge in [0, 0.05) is 45.3 Å². The molecule has 1 aliphatic carbocycles. The number of benzene rings is 2. The summed E-state index contributed by atoms with van der Waals surface area (Å²) in [6.45, 7) is 0.742. The Morgan fingerprint density at radius 2 is 1.81 bits per heavy atom. The maximum absolute atomic E-state index is 15.6. The second kappa shape index (κ2) is 13.4. The van der Waals surface area contributed by atoms with Gasteiger partial charge in [-0.1, -0.05) is 12.1 Å². The molecule has 0 saturated carbocycles. The van der Waals surface area contributed by atoms with Gasteiger partial charge in [-0.3, -0.25) is 18.9 Å². The Hall–Kier alpha value is -4.71. The van der Waals surface area contributed by atoms with Gasteiger partial charge in [0.25, 0.3) is 5.92 Å². The zero-order chi connectivity index (χ0) is 41.0. The molecule has 3 aromatic heterocycles. The number of β-amino-alcohol motifs (C(OH)–C–C–N with tert-alkyl or cyclic N) is 1. The Kier molecular flexibility index (Phi) is 9.22. The smallest absolute Gasteiger partial charge is 0.386 e. The summed E-state index contributed by atoms with van der Waals surface area (Å²) in [6.07, 6.45) is -3.09. The second-order valence-electron chi connectivity index (χ2n) is 14.5. The molecule has 2 aliphatic heterocycles. The van der Waals surface area contributed by atoms with Crippen molar-refractivity contribution >= 4 is 63.3 Å². The van der Waals surface area contributed by atoms with E-state index in [-0.39, 0.29) is 48.1 Å². The summed E-state index contributed by atoms with van der Waals surface area (Å²) < 4.78 is 132. The second-order valence-corrected chi connectivity index (χ2v) is 19.1. The van der Waals surface area contributed by atoms with E-state index in [4.69, 9.17) is 4.98 Å². The third kappa shape index (κ3) is 7.12. The molecular formula is C35H31F7IN9O4S. The van der Waals surface area contributed by atoms with E-state index in [1.807, 2.05) is 0 Å². The number of carbonyl (C=O) groups is 1. The highest BCUT2D eigenvalue weighted by molar-refractivity contribution is 14.2. The number of nitrogens with one attached hydrogen (secondary N) is 2. The van der Waals surface area contributed by atoms with Gasteiger partial charge in [0.15, 0.2) is 11.5 Å². The number of nitrogens with zero attached hydrogens (tertiary/aromatic N) is 7. The summed E-state index contributed by atoms with van der Waals surface area (Å²) in [6, 6.07) is 6.13. The number of hydrogen-bond acceptors (Lipinski definition) is 9. The van der Waals surface area contributed by atoms with Crippen LogP contribution in [0.15, 0.2) is 42.6 Å². The van der Waals surface area contributed by atoms with Crippen LogP contribution in [0.25, 0.3) is 22.0 Å². The highest BCUT2D eigenvalue weighted by Gasteiger charge is 2.62. The van der Waals surface area contributed by atoms with Crippen LogP contribution in [0.2, 0.25) is 0 Å². The first-order chi connectivity index (χ1) is 26.6. The van der Waals surface area contributed by atoms with E-state index >= 15 is 8.78 Å². The number of fused-ring (bicyclic) bond motifs is 4. The number of aryl methyl sites for hydroxylation is 1. The Morgan fingerprint density at radius 1 is 1.11 bits per heavy atom. The van der Waals surface area contributed by atoms with Crippen LogP contribution in [0.1, 0.15) is 45.1 Å². The van der Waals surface area contributed by atoms with Crippen molar-refractivity contribution in [3.63, 3.8) is 0 Å². The summed E-state index contributed by atoms with van der Waals surface area (Å²) >= 11 is -1.11. The number of aliphatic hydroxyl groups is 1. The summed E-state index contributed by atoms with van der Waals surface area (Å²) in [4.78, 5) is 24.8. The molecule has 0 radical (unpaired) electrons. The first-order valence-corrected chi connectivity index (χ1v) is 21.5. The molecule has 0 bridgehead atoms. The lowest BCUT2D eigenvalue weighted by atomic mass is 9.94. The van der Waals surface area contributed by atoms with Gasteiger partial charge < -0.3 is 15.3 Å². The van der Waals surface area contributed by atoms with Crippen molar-refractivity contribution in [2.24, 2.45) is 13.0 Å². The van der Waals surface area contributed by atoms with Gasteiger partial charge >= 0.3 is 6.18 Å². The van der Waals surface area contributed by atoms with Gasteiger partial charge in [-0.25, -0.2) is 27.2 Å². The lowest BCUT2D eigenvalue weighted by Crippen LogP contribution is -2.60. The molecule has 3 aliphatic rings. The SMILES string of the molecule is Cn1nc(NS(C)(=O)=O)c2cccc(-c3cnc(N4CC(C)(O)C4)nc3[C@H](Cc3cc(F)cc(F)c3)NC(=O)Cn3nc(C(F)(F)F)c4c3C(F)(F)[C@@H]3C=I[C@H]43)c21. The molecule has 5 heterocycles. The summed E-state index contributed by atoms with van der Waals surface area (Å²) in [5.41, 5.74) is -3.13. The molecule has 22 heteroatoms. The Morgan fingerprint density at radius 3 is 2.42 bits per heavy atom. The first-order valence-electron chi connectivity index (χ1n) is 17.1. The number of halogens is 8. The average Bonchev–Trinajstić information content (AvgIpc) is 3.63. The molecule has 57 heavy (non-hydrogen) atoms. The monoisotopic (exact) mass is 933 g/mol. The highest BCUT2D eigenvalue weighted by Crippen LogP contribution is 2.63. The van der Waals surface area contributed by atoms with Crippen molar-refractivity contribution in [1.29, 1.82) is 0 Å². The molecule has 1 fully saturated rings. The van der Waals surface area contributed by atoms with Crippen LogP contribution < -0.4 is 14.9 Å². The van der Waals surface area contributed by atoms with Gasteiger partial charge in [0.2, 0.25) is 21.9 Å². The van der Waals surface area contributed by atoms with E-state index in [1.165, 1.54) is 14.9 Å². The molecule has 0 spiro atoms. The van der Waals surface area contributed by atoms with Crippen LogP contribution in [0, 0.1) is 17.6 Å². The fourth-order valence-corrected chi connectivity index (χ4v) is 11.2. The molecular weight excluding hydrogens is 902 g/mol. The van der Waals surface area contributed by atoms with Gasteiger partial charge in [0.05, 0.1) is 48.1 Å². The molecule has 8 rings (SSSR count). The summed E-state index contributed by atoms with van der Waals surface area (Å²) in [5.74, 6) is -8.04. The minimum Gasteiger partial charge on any atom is -0.386 e. The lowest BCUT2D eigenvalue weighted by molar-refractivity contribution is -0.142. The minimum atomic E-state index is -5.07. The van der Waals surface area contributed by atoms with Gasteiger partial charge in [-0.05, 0) is 41.1 Å². The summed E-state index contributed by atoms with van der Waals surface area (Å²) in [5, 5.41) is 21.3. The van der Waals surface area contributed by atoms with Crippen LogP contribution in [-0.4, -0.2) is 77.9 Å². The van der Waals surface area contributed by atoms with Gasteiger partial charge in [-0.2, -0.15) is 32.1 Å². The van der Waals surface area contributed by atoms with Crippen molar-refractivity contribution in [1.82, 2.24) is 34.8 Å². The van der Waals surface area contributed by atoms with Crippen molar-refractivity contribution in [3.8, 4) is 11.1 Å². The average molecular weight is 934 g/mol. The zero-order valence-electron chi connectivity index (χ0n) is 29.9. The quantitative estimate of drug-likeness (QED) is 0.0983. The molecule has 0 unspecified atom stereocenters. The molecule has 3 atom stereocenters. The Balaban J connectivity index is 1.26. The minimum absolute atomic E-state index is 0.00577. The van der Waals surface area contributed by atoms with Crippen LogP contribution in [0.5, 0.6) is 0 Å². The van der Waals surface area contributed by atoms with E-state index < -0.39 is 105 Å². The number of aromatic nitrogens is 6. The van der Waals surface area contributed by atoms with E-state index in [0.29, 0.717) is 27.2 Å². The predicted molar refractivity (Wildman–Crippen MR) is 201 cm³/mol. The van der Waals surface area contributed by atoms with Crippen molar-refractivity contribution in [3.05, 3.63) is 82.4 Å². The fourth-order valence-electron chi connectivity index (χ4n) is 7.58. The predicted octanol–water partition coefficient (Wildman–Crippen LogP) is 5.12. The normalized spacial score (nSPS) is 19.9. The van der Waals surface area contributed by atoms with Crippen molar-refractivity contribution in [2.75, 3.05) is 29.0 Å². The number of sulfonamides is 1. The number of amides is 1. The topological polar surface area (TPSA) is 160 Å². The molecule has 2 aromatic carbocycles. The van der Waals surface area contributed by atoms with Gasteiger partial charge in [0.1, 0.15) is 23.9 Å². The third-order valence-electron chi connectivity index (χ3n) is 9.84. The van der Waals surface area contributed by atoms with Crippen molar-refractivity contribution in [2.45, 2.75) is 47.6 Å². The van der Waals surface area contributed by atoms with Crippen LogP contribution in [-0.2, 0) is 46.9 Å². The number of anilines is 2. The number of para-hydroxylation sites is 1. The van der Waals surface area contributed by atoms with Gasteiger partial charge in [-0.15, -0.1) is 20.7 Å². The zero-order valence-corrected chi connectivity index (χ0v) is 32.9. The maximum Gasteiger partial charge on any atom is 0.435 e. The van der Waals surface area contributed by atoms with E-state index in [9.17, 15) is 40.3 Å². The molecule has 5 aromatic rings. The largest absolute Gasteiger partial charge is 0.435 e. The Labute approximate surface area is 329 Å². The third-order valence-corrected chi connectivity index (χ3v) is 13.8. The first kappa shape index (κ1) is 39.1. The maximum atomic E-state index is 15.6. The van der Waals surface area contributed by atoms with E-state index in [0.717, 1.165) is 18.4 Å². The highest BCUT2D eigenvalue weighted by atomic mass is 127.